The lowest BCUT2D eigenvalue weighted by Crippen LogP contribution is -2.53. The summed E-state index contributed by atoms with van der Waals surface area (Å²) in [5.74, 6) is 0.0605. The zero-order chi connectivity index (χ0) is 18.5. The number of benzene rings is 1. The minimum atomic E-state index is -0.509. The van der Waals surface area contributed by atoms with Crippen LogP contribution in [0.15, 0.2) is 23.2 Å². The summed E-state index contributed by atoms with van der Waals surface area (Å²) in [7, 11) is 1.51. The van der Waals surface area contributed by atoms with Gasteiger partial charge in [-0.2, -0.15) is 0 Å². The molecular formula is C17H21ClN4O4. The predicted octanol–water partition coefficient (Wildman–Crippen LogP) is 1.11. The van der Waals surface area contributed by atoms with Crippen LogP contribution in [0, 0.1) is 5.92 Å². The number of rotatable bonds is 4. The third-order valence-electron chi connectivity index (χ3n) is 4.25. The predicted molar refractivity (Wildman–Crippen MR) is 97.6 cm³/mol. The highest BCUT2D eigenvalue weighted by molar-refractivity contribution is 6.31. The van der Waals surface area contributed by atoms with Gasteiger partial charge >= 0.3 is 0 Å². The summed E-state index contributed by atoms with van der Waals surface area (Å²) in [6.45, 7) is 2.89. The summed E-state index contributed by atoms with van der Waals surface area (Å²) in [6.07, 6.45) is 0.0292. The van der Waals surface area contributed by atoms with Crippen molar-refractivity contribution in [3.05, 3.63) is 23.2 Å². The van der Waals surface area contributed by atoms with Crippen LogP contribution < -0.4 is 15.4 Å². The Morgan fingerprint density at radius 3 is 2.92 bits per heavy atom. The largest absolute Gasteiger partial charge is 0.495 e. The summed E-state index contributed by atoms with van der Waals surface area (Å²) >= 11 is 5.96. The lowest BCUT2D eigenvalue weighted by atomic mass is 10.0. The first-order chi connectivity index (χ1) is 12.6. The van der Waals surface area contributed by atoms with Crippen LogP contribution in [-0.2, 0) is 14.3 Å². The molecule has 26 heavy (non-hydrogen) atoms. The second-order valence-electron chi connectivity index (χ2n) is 6.05. The number of nitrogens with one attached hydrogen (secondary N) is 2. The minimum absolute atomic E-state index is 0.0292. The molecule has 1 saturated heterocycles. The van der Waals surface area contributed by atoms with Gasteiger partial charge in [0.15, 0.2) is 0 Å². The number of anilines is 1. The lowest BCUT2D eigenvalue weighted by Gasteiger charge is -2.32. The van der Waals surface area contributed by atoms with E-state index in [9.17, 15) is 9.59 Å². The Balaban J connectivity index is 1.59. The molecule has 0 aromatic heterocycles. The maximum absolute atomic E-state index is 12.3. The Kier molecular flexibility index (Phi) is 5.95. The minimum Gasteiger partial charge on any atom is -0.495 e. The third kappa shape index (κ3) is 4.44. The first-order valence-electron chi connectivity index (χ1n) is 8.38. The molecule has 1 aromatic rings. The maximum atomic E-state index is 12.3. The number of hydrogen-bond acceptors (Lipinski definition) is 6. The number of ether oxygens (including phenoxy) is 2. The number of carbonyl (C=O) groups is 2. The van der Waals surface area contributed by atoms with Crippen molar-refractivity contribution in [2.75, 3.05) is 45.3 Å². The highest BCUT2D eigenvalue weighted by Crippen LogP contribution is 2.28. The lowest BCUT2D eigenvalue weighted by molar-refractivity contribution is -0.127. The van der Waals surface area contributed by atoms with Gasteiger partial charge in [-0.3, -0.25) is 19.9 Å². The fourth-order valence-electron chi connectivity index (χ4n) is 2.85. The molecule has 8 nitrogen and oxygen atoms in total. The second kappa shape index (κ2) is 8.37. The number of hydrogen-bond donors (Lipinski definition) is 2. The van der Waals surface area contributed by atoms with Crippen molar-refractivity contribution < 1.29 is 19.1 Å². The summed E-state index contributed by atoms with van der Waals surface area (Å²) in [5.41, 5.74) is 0.471. The van der Waals surface area contributed by atoms with Crippen molar-refractivity contribution in [3.63, 3.8) is 0 Å². The molecule has 1 unspecified atom stereocenters. The van der Waals surface area contributed by atoms with Crippen LogP contribution in [0.2, 0.25) is 5.02 Å². The number of halogens is 1. The smallest absolute Gasteiger partial charge is 0.232 e. The number of nitrogens with zero attached hydrogens (tertiary/aromatic N) is 2. The number of guanidine groups is 1. The van der Waals surface area contributed by atoms with Gasteiger partial charge in [-0.15, -0.1) is 0 Å². The van der Waals surface area contributed by atoms with Gasteiger partial charge in [0.2, 0.25) is 17.8 Å². The fraction of sp³-hybridized carbons (Fsp3) is 0.471. The zero-order valence-corrected chi connectivity index (χ0v) is 15.2. The number of aliphatic imine (C=N–C) groups is 1. The Morgan fingerprint density at radius 2 is 2.23 bits per heavy atom. The maximum Gasteiger partial charge on any atom is 0.232 e. The monoisotopic (exact) mass is 380 g/mol. The Hall–Kier alpha value is -2.32. The number of amides is 2. The third-order valence-corrected chi connectivity index (χ3v) is 4.48. The molecule has 1 atom stereocenters. The van der Waals surface area contributed by atoms with Gasteiger partial charge in [0, 0.05) is 24.5 Å². The van der Waals surface area contributed by atoms with Crippen molar-refractivity contribution in [1.29, 1.82) is 0 Å². The quantitative estimate of drug-likeness (QED) is 0.816. The van der Waals surface area contributed by atoms with E-state index in [-0.39, 0.29) is 24.8 Å². The summed E-state index contributed by atoms with van der Waals surface area (Å²) < 4.78 is 10.5. The molecule has 0 aliphatic carbocycles. The molecule has 0 saturated carbocycles. The molecule has 3 rings (SSSR count). The SMILES string of the molecule is COc1ccc(Cl)cc1NC(=O)CC1CN=C(N2CCOCC2)NC1=O. The molecule has 2 N–H and O–H groups in total. The average molecular weight is 381 g/mol. The molecule has 1 fully saturated rings. The van der Waals surface area contributed by atoms with Crippen LogP contribution in [0.1, 0.15) is 6.42 Å². The van der Waals surface area contributed by atoms with Gasteiger partial charge in [0.25, 0.3) is 0 Å². The number of methoxy groups -OCH3 is 1. The molecule has 140 valence electrons. The molecular weight excluding hydrogens is 360 g/mol. The topological polar surface area (TPSA) is 92.3 Å². The van der Waals surface area contributed by atoms with E-state index in [1.807, 2.05) is 4.90 Å². The van der Waals surface area contributed by atoms with Crippen LogP contribution in [-0.4, -0.2) is 62.6 Å². The molecule has 2 aliphatic heterocycles. The molecule has 0 bridgehead atoms. The van der Waals surface area contributed by atoms with E-state index in [0.717, 1.165) is 0 Å². The standard InChI is InChI=1S/C17H21ClN4O4/c1-25-14-3-2-12(18)9-13(14)20-15(23)8-11-10-19-17(21-16(11)24)22-4-6-26-7-5-22/h2-3,9,11H,4-8,10H2,1H3,(H,20,23)(H,19,21,24). The summed E-state index contributed by atoms with van der Waals surface area (Å²) in [6, 6.07) is 4.95. The van der Waals surface area contributed by atoms with E-state index in [2.05, 4.69) is 15.6 Å². The molecule has 9 heteroatoms. The molecule has 2 aliphatic rings. The average Bonchev–Trinajstić information content (AvgIpc) is 2.64. The van der Waals surface area contributed by atoms with Gasteiger partial charge in [-0.05, 0) is 18.2 Å². The Bertz CT molecular complexity index is 719. The van der Waals surface area contributed by atoms with E-state index in [4.69, 9.17) is 21.1 Å². The van der Waals surface area contributed by atoms with Gasteiger partial charge in [-0.1, -0.05) is 11.6 Å². The highest BCUT2D eigenvalue weighted by Gasteiger charge is 2.29. The molecule has 1 aromatic carbocycles. The first-order valence-corrected chi connectivity index (χ1v) is 8.76. The van der Waals surface area contributed by atoms with Gasteiger partial charge in [0.05, 0.1) is 38.5 Å². The van der Waals surface area contributed by atoms with Gasteiger partial charge in [-0.25, -0.2) is 0 Å². The van der Waals surface area contributed by atoms with Gasteiger partial charge in [0.1, 0.15) is 5.75 Å². The first kappa shape index (κ1) is 18.5. The molecule has 2 heterocycles. The van der Waals surface area contributed by atoms with Crippen molar-refractivity contribution in [1.82, 2.24) is 10.2 Å². The number of carbonyl (C=O) groups excluding carboxylic acids is 2. The van der Waals surface area contributed by atoms with Crippen molar-refractivity contribution in [2.24, 2.45) is 10.9 Å². The Labute approximate surface area is 156 Å². The summed E-state index contributed by atoms with van der Waals surface area (Å²) in [5, 5.41) is 6.02. The van der Waals surface area contributed by atoms with E-state index in [0.29, 0.717) is 48.7 Å². The molecule has 0 spiro atoms. The van der Waals surface area contributed by atoms with Crippen LogP contribution in [0.4, 0.5) is 5.69 Å². The van der Waals surface area contributed by atoms with Crippen LogP contribution in [0.25, 0.3) is 0 Å². The van der Waals surface area contributed by atoms with Crippen LogP contribution >= 0.6 is 11.6 Å². The van der Waals surface area contributed by atoms with E-state index in [1.165, 1.54) is 7.11 Å². The summed E-state index contributed by atoms with van der Waals surface area (Å²) in [4.78, 5) is 31.1. The van der Waals surface area contributed by atoms with Crippen molar-refractivity contribution >= 4 is 35.1 Å². The molecule has 0 radical (unpaired) electrons. The van der Waals surface area contributed by atoms with Crippen LogP contribution in [0.5, 0.6) is 5.75 Å². The normalized spacial score (nSPS) is 20.2. The van der Waals surface area contributed by atoms with E-state index >= 15 is 0 Å². The van der Waals surface area contributed by atoms with E-state index < -0.39 is 5.92 Å². The van der Waals surface area contributed by atoms with E-state index in [1.54, 1.807) is 18.2 Å². The van der Waals surface area contributed by atoms with Crippen molar-refractivity contribution in [2.45, 2.75) is 6.42 Å². The zero-order valence-electron chi connectivity index (χ0n) is 14.5. The van der Waals surface area contributed by atoms with Gasteiger partial charge < -0.3 is 19.7 Å². The second-order valence-corrected chi connectivity index (χ2v) is 6.48. The Morgan fingerprint density at radius 1 is 1.46 bits per heavy atom. The van der Waals surface area contributed by atoms with Crippen molar-refractivity contribution in [3.8, 4) is 5.75 Å². The number of morpholine rings is 1. The molecule has 2 amide bonds. The van der Waals surface area contributed by atoms with Crippen LogP contribution in [0.3, 0.4) is 0 Å². The highest BCUT2D eigenvalue weighted by atomic mass is 35.5. The fourth-order valence-corrected chi connectivity index (χ4v) is 3.02.